The molecule has 1 aromatic heterocycles. The van der Waals surface area contributed by atoms with Gasteiger partial charge in [0.1, 0.15) is 5.75 Å². The number of carbonyl (C=O) groups is 1. The maximum atomic E-state index is 12.0. The monoisotopic (exact) mass is 257 g/mol. The summed E-state index contributed by atoms with van der Waals surface area (Å²) < 4.78 is 5.09. The van der Waals surface area contributed by atoms with Crippen LogP contribution in [-0.4, -0.2) is 11.0 Å². The highest BCUT2D eigenvalue weighted by Crippen LogP contribution is 2.34. The van der Waals surface area contributed by atoms with Crippen molar-refractivity contribution in [3.8, 4) is 5.75 Å². The quantitative estimate of drug-likeness (QED) is 0.869. The zero-order valence-corrected chi connectivity index (χ0v) is 10.4. The van der Waals surface area contributed by atoms with Crippen molar-refractivity contribution in [2.24, 2.45) is 0 Å². The standard InChI is InChI=1S/C15H15NO3/c17-13-7-2-4-10-11(13)5-1-6-12(10)16-15(18)14-8-3-9-19-14/h2-4,7-9,12,17H,1,5-6H2,(H,16,18)/t12-/m0/s1. The van der Waals surface area contributed by atoms with Crippen LogP contribution in [0, 0.1) is 0 Å². The molecule has 0 saturated carbocycles. The summed E-state index contributed by atoms with van der Waals surface area (Å²) >= 11 is 0. The molecule has 1 atom stereocenters. The highest BCUT2D eigenvalue weighted by Gasteiger charge is 2.24. The number of hydrogen-bond donors (Lipinski definition) is 2. The molecule has 0 aliphatic heterocycles. The molecule has 1 aromatic carbocycles. The fourth-order valence-electron chi connectivity index (χ4n) is 2.62. The van der Waals surface area contributed by atoms with Crippen LogP contribution in [0.25, 0.3) is 0 Å². The van der Waals surface area contributed by atoms with Crippen molar-refractivity contribution in [3.63, 3.8) is 0 Å². The van der Waals surface area contributed by atoms with E-state index in [4.69, 9.17) is 4.42 Å². The van der Waals surface area contributed by atoms with E-state index < -0.39 is 0 Å². The average molecular weight is 257 g/mol. The second-order valence-electron chi connectivity index (χ2n) is 4.74. The number of phenolic OH excluding ortho intramolecular Hbond substituents is 1. The van der Waals surface area contributed by atoms with Gasteiger partial charge in [0, 0.05) is 0 Å². The molecule has 0 fully saturated rings. The van der Waals surface area contributed by atoms with Crippen LogP contribution in [-0.2, 0) is 6.42 Å². The summed E-state index contributed by atoms with van der Waals surface area (Å²) in [6.45, 7) is 0. The normalized spacial score (nSPS) is 17.8. The van der Waals surface area contributed by atoms with Crippen molar-refractivity contribution in [1.82, 2.24) is 5.32 Å². The van der Waals surface area contributed by atoms with Crippen molar-refractivity contribution in [2.75, 3.05) is 0 Å². The molecular weight excluding hydrogens is 242 g/mol. The lowest BCUT2D eigenvalue weighted by Crippen LogP contribution is -2.30. The van der Waals surface area contributed by atoms with Gasteiger partial charge in [-0.15, -0.1) is 0 Å². The summed E-state index contributed by atoms with van der Waals surface area (Å²) in [5.41, 5.74) is 1.95. The zero-order chi connectivity index (χ0) is 13.2. The van der Waals surface area contributed by atoms with Crippen LogP contribution >= 0.6 is 0 Å². The summed E-state index contributed by atoms with van der Waals surface area (Å²) in [4.78, 5) is 12.0. The molecule has 4 nitrogen and oxygen atoms in total. The van der Waals surface area contributed by atoms with Gasteiger partial charge in [-0.3, -0.25) is 4.79 Å². The van der Waals surface area contributed by atoms with Gasteiger partial charge in [0.2, 0.25) is 0 Å². The minimum absolute atomic E-state index is 0.0616. The van der Waals surface area contributed by atoms with Gasteiger partial charge in [-0.1, -0.05) is 12.1 Å². The summed E-state index contributed by atoms with van der Waals surface area (Å²) in [5, 5.41) is 12.8. The first kappa shape index (κ1) is 11.8. The lowest BCUT2D eigenvalue weighted by Gasteiger charge is -2.26. The third-order valence-corrected chi connectivity index (χ3v) is 3.53. The minimum atomic E-state index is -0.216. The number of phenols is 1. The Hall–Kier alpha value is -2.23. The zero-order valence-electron chi connectivity index (χ0n) is 10.4. The summed E-state index contributed by atoms with van der Waals surface area (Å²) in [7, 11) is 0. The third kappa shape index (κ3) is 2.21. The molecule has 0 bridgehead atoms. The number of rotatable bonds is 2. The predicted molar refractivity (Wildman–Crippen MR) is 70.0 cm³/mol. The fraction of sp³-hybridized carbons (Fsp3) is 0.267. The number of amides is 1. The lowest BCUT2D eigenvalue weighted by molar-refractivity contribution is 0.0904. The van der Waals surface area contributed by atoms with Crippen LogP contribution in [0.3, 0.4) is 0 Å². The van der Waals surface area contributed by atoms with Crippen LogP contribution in [0.5, 0.6) is 5.75 Å². The summed E-state index contributed by atoms with van der Waals surface area (Å²) in [6.07, 6.45) is 4.17. The van der Waals surface area contributed by atoms with Gasteiger partial charge in [-0.2, -0.15) is 0 Å². The number of nitrogens with one attached hydrogen (secondary N) is 1. The van der Waals surface area contributed by atoms with E-state index >= 15 is 0 Å². The molecule has 1 aliphatic rings. The number of aromatic hydroxyl groups is 1. The maximum absolute atomic E-state index is 12.0. The van der Waals surface area contributed by atoms with Gasteiger partial charge < -0.3 is 14.8 Å². The fourth-order valence-corrected chi connectivity index (χ4v) is 2.62. The van der Waals surface area contributed by atoms with Gasteiger partial charge in [0.25, 0.3) is 5.91 Å². The Morgan fingerprint density at radius 2 is 2.21 bits per heavy atom. The molecule has 0 radical (unpaired) electrons. The van der Waals surface area contributed by atoms with Crippen molar-refractivity contribution in [3.05, 3.63) is 53.5 Å². The maximum Gasteiger partial charge on any atom is 0.287 e. The average Bonchev–Trinajstić information content (AvgIpc) is 2.94. The minimum Gasteiger partial charge on any atom is -0.508 e. The number of fused-ring (bicyclic) bond motifs is 1. The molecule has 3 rings (SSSR count). The molecule has 2 N–H and O–H groups in total. The van der Waals surface area contributed by atoms with E-state index in [1.807, 2.05) is 12.1 Å². The number of furan rings is 1. The smallest absolute Gasteiger partial charge is 0.287 e. The lowest BCUT2D eigenvalue weighted by atomic mass is 9.87. The van der Waals surface area contributed by atoms with Crippen LogP contribution < -0.4 is 5.32 Å². The van der Waals surface area contributed by atoms with Crippen LogP contribution in [0.4, 0.5) is 0 Å². The van der Waals surface area contributed by atoms with Crippen molar-refractivity contribution in [1.29, 1.82) is 0 Å². The number of carbonyl (C=O) groups excluding carboxylic acids is 1. The SMILES string of the molecule is O=C(N[C@H]1CCCc2c(O)cccc21)c1ccco1. The first-order chi connectivity index (χ1) is 9.25. The van der Waals surface area contributed by atoms with Gasteiger partial charge in [0.05, 0.1) is 12.3 Å². The second-order valence-corrected chi connectivity index (χ2v) is 4.74. The Balaban J connectivity index is 1.84. The topological polar surface area (TPSA) is 62.5 Å². The van der Waals surface area contributed by atoms with Crippen LogP contribution in [0.1, 0.15) is 40.6 Å². The second kappa shape index (κ2) is 4.80. The Labute approximate surface area is 111 Å². The predicted octanol–water partition coefficient (Wildman–Crippen LogP) is 2.79. The van der Waals surface area contributed by atoms with E-state index in [1.54, 1.807) is 18.2 Å². The van der Waals surface area contributed by atoms with Gasteiger partial charge in [-0.25, -0.2) is 0 Å². The third-order valence-electron chi connectivity index (χ3n) is 3.53. The van der Waals surface area contributed by atoms with Gasteiger partial charge in [0.15, 0.2) is 5.76 Å². The first-order valence-electron chi connectivity index (χ1n) is 6.41. The van der Waals surface area contributed by atoms with E-state index in [2.05, 4.69) is 5.32 Å². The van der Waals surface area contributed by atoms with Crippen LogP contribution in [0.2, 0.25) is 0 Å². The molecule has 0 spiro atoms. The summed E-state index contributed by atoms with van der Waals surface area (Å²) in [6, 6.07) is 8.73. The van der Waals surface area contributed by atoms with E-state index in [0.29, 0.717) is 11.5 Å². The van der Waals surface area contributed by atoms with E-state index in [9.17, 15) is 9.90 Å². The largest absolute Gasteiger partial charge is 0.508 e. The highest BCUT2D eigenvalue weighted by atomic mass is 16.3. The Morgan fingerprint density at radius 1 is 1.32 bits per heavy atom. The molecule has 4 heteroatoms. The van der Waals surface area contributed by atoms with Crippen molar-refractivity contribution >= 4 is 5.91 Å². The molecule has 19 heavy (non-hydrogen) atoms. The molecule has 0 saturated heterocycles. The van der Waals surface area contributed by atoms with E-state index in [0.717, 1.165) is 30.4 Å². The molecular formula is C15H15NO3. The molecule has 1 amide bonds. The summed E-state index contributed by atoms with van der Waals surface area (Å²) in [5.74, 6) is 0.410. The Kier molecular flexibility index (Phi) is 2.99. The van der Waals surface area contributed by atoms with E-state index in [1.165, 1.54) is 6.26 Å². The Morgan fingerprint density at radius 3 is 3.00 bits per heavy atom. The molecule has 1 aliphatic carbocycles. The van der Waals surface area contributed by atoms with E-state index in [-0.39, 0.29) is 11.9 Å². The van der Waals surface area contributed by atoms with Gasteiger partial charge >= 0.3 is 0 Å². The van der Waals surface area contributed by atoms with Gasteiger partial charge in [-0.05, 0) is 48.6 Å². The van der Waals surface area contributed by atoms with Crippen molar-refractivity contribution < 1.29 is 14.3 Å². The molecule has 0 unspecified atom stereocenters. The van der Waals surface area contributed by atoms with Crippen molar-refractivity contribution in [2.45, 2.75) is 25.3 Å². The molecule has 2 aromatic rings. The first-order valence-corrected chi connectivity index (χ1v) is 6.41. The van der Waals surface area contributed by atoms with Crippen LogP contribution in [0.15, 0.2) is 41.0 Å². The Bertz CT molecular complexity index is 589. The molecule has 98 valence electrons. The number of hydrogen-bond acceptors (Lipinski definition) is 3. The molecule has 1 heterocycles. The number of benzene rings is 1. The highest BCUT2D eigenvalue weighted by molar-refractivity contribution is 5.91.